The average Bonchev–Trinajstić information content (AvgIpc) is 3.30. The second kappa shape index (κ2) is 9.13. The second-order valence-corrected chi connectivity index (χ2v) is 8.89. The number of fused-ring (bicyclic) bond motifs is 1. The van der Waals surface area contributed by atoms with Crippen molar-refractivity contribution in [3.63, 3.8) is 0 Å². The third kappa shape index (κ3) is 4.10. The van der Waals surface area contributed by atoms with Gasteiger partial charge in [-0.1, -0.05) is 54.0 Å². The number of aromatic nitrogens is 3. The van der Waals surface area contributed by atoms with E-state index in [1.54, 1.807) is 29.2 Å². The van der Waals surface area contributed by atoms with E-state index in [-0.39, 0.29) is 26.2 Å². The fourth-order valence-electron chi connectivity index (χ4n) is 3.46. The van der Waals surface area contributed by atoms with Crippen molar-refractivity contribution in [2.24, 2.45) is 0 Å². The zero-order valence-corrected chi connectivity index (χ0v) is 19.1. The number of hydrogen-bond donors (Lipinski definition) is 1. The maximum atomic E-state index is 15.1. The van der Waals surface area contributed by atoms with Crippen LogP contribution in [0.25, 0.3) is 16.6 Å². The third-order valence-electron chi connectivity index (χ3n) is 4.85. The van der Waals surface area contributed by atoms with Crippen molar-refractivity contribution in [1.29, 1.82) is 0 Å². The predicted molar refractivity (Wildman–Crippen MR) is 121 cm³/mol. The lowest BCUT2D eigenvalue weighted by molar-refractivity contribution is -0.136. The van der Waals surface area contributed by atoms with Crippen LogP contribution >= 0.6 is 35.0 Å². The summed E-state index contributed by atoms with van der Waals surface area (Å²) in [6.45, 7) is 2.70. The quantitative estimate of drug-likeness (QED) is 0.313. The molecule has 166 valence electrons. The van der Waals surface area contributed by atoms with Gasteiger partial charge in [0.2, 0.25) is 0 Å². The van der Waals surface area contributed by atoms with E-state index in [1.807, 2.05) is 6.92 Å². The number of benzene rings is 2. The molecule has 32 heavy (non-hydrogen) atoms. The number of nitrogens with zero attached hydrogens (tertiary/aromatic N) is 3. The van der Waals surface area contributed by atoms with Crippen molar-refractivity contribution >= 4 is 51.8 Å². The zero-order chi connectivity index (χ0) is 23.0. The number of carbonyl (C=O) groups is 1. The molecular weight excluding hydrogens is 479 g/mol. The van der Waals surface area contributed by atoms with Crippen molar-refractivity contribution in [2.45, 2.75) is 36.1 Å². The molecule has 0 atom stereocenters. The minimum absolute atomic E-state index is 0.0532. The molecule has 4 rings (SSSR count). The van der Waals surface area contributed by atoms with E-state index >= 15 is 4.39 Å². The summed E-state index contributed by atoms with van der Waals surface area (Å²) in [5.74, 6) is -2.44. The van der Waals surface area contributed by atoms with Crippen molar-refractivity contribution < 1.29 is 18.7 Å². The van der Waals surface area contributed by atoms with E-state index in [0.29, 0.717) is 22.5 Å². The van der Waals surface area contributed by atoms with Crippen LogP contribution in [0.4, 0.5) is 8.78 Å². The molecule has 2 aromatic heterocycles. The summed E-state index contributed by atoms with van der Waals surface area (Å²) in [7, 11) is 0. The molecule has 0 spiro atoms. The van der Waals surface area contributed by atoms with E-state index < -0.39 is 24.0 Å². The molecule has 0 radical (unpaired) electrons. The van der Waals surface area contributed by atoms with Crippen LogP contribution in [0.3, 0.4) is 0 Å². The number of hydrogen-bond acceptors (Lipinski definition) is 3. The summed E-state index contributed by atoms with van der Waals surface area (Å²) in [6, 6.07) is 7.56. The molecule has 2 heterocycles. The molecule has 0 saturated heterocycles. The van der Waals surface area contributed by atoms with Gasteiger partial charge in [0.05, 0.1) is 33.7 Å². The number of aryl methyl sites for hydroxylation is 1. The number of halogens is 4. The van der Waals surface area contributed by atoms with E-state index in [1.165, 1.54) is 22.8 Å². The highest BCUT2D eigenvalue weighted by atomic mass is 35.5. The standard InChI is InChI=1S/C22H17Cl2F2N3O2S/c1-2-8-28-11-13(10-27-28)29-20-14(6-7-15(23)19(20)26)21(22(29)24)32-16-5-3-4-12(18(16)25)9-17(30)31/h3-7,10-11H,2,8-9H2,1H3,(H,30,31). The molecular formula is C22H17Cl2F2N3O2S. The zero-order valence-electron chi connectivity index (χ0n) is 16.8. The van der Waals surface area contributed by atoms with Crippen LogP contribution in [0.5, 0.6) is 0 Å². The normalized spacial score (nSPS) is 11.4. The largest absolute Gasteiger partial charge is 0.481 e. The minimum atomic E-state index is -1.14. The Bertz CT molecular complexity index is 1340. The lowest BCUT2D eigenvalue weighted by Gasteiger charge is -2.07. The first-order valence-electron chi connectivity index (χ1n) is 9.69. The number of carboxylic acids is 1. The maximum absolute atomic E-state index is 15.1. The lowest BCUT2D eigenvalue weighted by atomic mass is 10.1. The molecule has 0 unspecified atom stereocenters. The van der Waals surface area contributed by atoms with Gasteiger partial charge in [0, 0.05) is 28.6 Å². The highest BCUT2D eigenvalue weighted by Crippen LogP contribution is 2.45. The molecule has 0 bridgehead atoms. The summed E-state index contributed by atoms with van der Waals surface area (Å²) >= 11 is 13.7. The molecule has 0 aliphatic rings. The van der Waals surface area contributed by atoms with Gasteiger partial charge in [-0.2, -0.15) is 5.10 Å². The fourth-order valence-corrected chi connectivity index (χ4v) is 5.05. The molecule has 5 nitrogen and oxygen atoms in total. The third-order valence-corrected chi connectivity index (χ3v) is 6.76. The first-order valence-corrected chi connectivity index (χ1v) is 11.3. The highest BCUT2D eigenvalue weighted by molar-refractivity contribution is 7.99. The Morgan fingerprint density at radius 2 is 1.97 bits per heavy atom. The Hall–Kier alpha value is -2.55. The number of rotatable bonds is 7. The van der Waals surface area contributed by atoms with E-state index in [9.17, 15) is 9.18 Å². The summed E-state index contributed by atoms with van der Waals surface area (Å²) in [5.41, 5.74) is 0.752. The Morgan fingerprint density at radius 3 is 2.69 bits per heavy atom. The molecule has 0 fully saturated rings. The van der Waals surface area contributed by atoms with Gasteiger partial charge < -0.3 is 5.11 Å². The van der Waals surface area contributed by atoms with Crippen LogP contribution in [-0.4, -0.2) is 25.4 Å². The Labute approximate surface area is 196 Å². The number of carboxylic acid groups (broad SMARTS) is 1. The van der Waals surface area contributed by atoms with E-state index in [4.69, 9.17) is 28.3 Å². The first-order chi connectivity index (χ1) is 15.3. The van der Waals surface area contributed by atoms with Gasteiger partial charge in [0.1, 0.15) is 11.0 Å². The minimum Gasteiger partial charge on any atom is -0.481 e. The molecule has 1 N–H and O–H groups in total. The number of aliphatic carboxylic acids is 1. The monoisotopic (exact) mass is 495 g/mol. The van der Waals surface area contributed by atoms with Gasteiger partial charge in [-0.15, -0.1) is 0 Å². The van der Waals surface area contributed by atoms with Crippen molar-refractivity contribution in [3.05, 3.63) is 70.1 Å². The van der Waals surface area contributed by atoms with Gasteiger partial charge in [0.15, 0.2) is 5.82 Å². The summed E-state index contributed by atoms with van der Waals surface area (Å²) in [5, 5.41) is 13.9. The topological polar surface area (TPSA) is 60.0 Å². The summed E-state index contributed by atoms with van der Waals surface area (Å²) in [4.78, 5) is 11.6. The molecule has 0 aliphatic carbocycles. The maximum Gasteiger partial charge on any atom is 0.307 e. The molecule has 0 amide bonds. The molecule has 10 heteroatoms. The smallest absolute Gasteiger partial charge is 0.307 e. The van der Waals surface area contributed by atoms with Crippen LogP contribution in [0, 0.1) is 11.6 Å². The van der Waals surface area contributed by atoms with Crippen LogP contribution in [0.2, 0.25) is 10.2 Å². The van der Waals surface area contributed by atoms with Crippen LogP contribution in [0.15, 0.2) is 52.5 Å². The second-order valence-electron chi connectivity index (χ2n) is 7.08. The van der Waals surface area contributed by atoms with Gasteiger partial charge >= 0.3 is 5.97 Å². The molecule has 4 aromatic rings. The van der Waals surface area contributed by atoms with E-state index in [0.717, 1.165) is 18.2 Å². The SMILES string of the molecule is CCCn1cc(-n2c(Cl)c(Sc3cccc(CC(=O)O)c3F)c3ccc(Cl)c(F)c32)cn1. The summed E-state index contributed by atoms with van der Waals surface area (Å²) in [6.07, 6.45) is 3.74. The highest BCUT2D eigenvalue weighted by Gasteiger charge is 2.24. The van der Waals surface area contributed by atoms with Crippen LogP contribution in [0.1, 0.15) is 18.9 Å². The Balaban J connectivity index is 1.89. The molecule has 0 aliphatic heterocycles. The Morgan fingerprint density at radius 1 is 1.19 bits per heavy atom. The first kappa shape index (κ1) is 22.6. The van der Waals surface area contributed by atoms with Crippen LogP contribution in [-0.2, 0) is 17.8 Å². The Kier molecular flexibility index (Phi) is 6.46. The van der Waals surface area contributed by atoms with Crippen molar-refractivity contribution in [3.8, 4) is 5.69 Å². The van der Waals surface area contributed by atoms with Gasteiger partial charge in [-0.25, -0.2) is 8.78 Å². The molecule has 2 aromatic carbocycles. The van der Waals surface area contributed by atoms with Gasteiger partial charge in [0.25, 0.3) is 0 Å². The lowest BCUT2D eigenvalue weighted by Crippen LogP contribution is -2.03. The predicted octanol–water partition coefficient (Wildman–Crippen LogP) is 6.60. The van der Waals surface area contributed by atoms with Gasteiger partial charge in [-0.05, 0) is 24.6 Å². The fraction of sp³-hybridized carbons (Fsp3) is 0.182. The summed E-state index contributed by atoms with van der Waals surface area (Å²) < 4.78 is 33.3. The van der Waals surface area contributed by atoms with Crippen molar-refractivity contribution in [1.82, 2.24) is 14.3 Å². The average molecular weight is 496 g/mol. The van der Waals surface area contributed by atoms with Crippen LogP contribution < -0.4 is 0 Å². The molecule has 0 saturated carbocycles. The van der Waals surface area contributed by atoms with Gasteiger partial charge in [-0.3, -0.25) is 14.0 Å². The van der Waals surface area contributed by atoms with E-state index in [2.05, 4.69) is 5.10 Å². The van der Waals surface area contributed by atoms with Crippen molar-refractivity contribution in [2.75, 3.05) is 0 Å².